The number of hydrogen-bond donors (Lipinski definition) is 2. The van der Waals surface area contributed by atoms with Crippen molar-refractivity contribution in [1.29, 1.82) is 0 Å². The molecule has 0 unspecified atom stereocenters. The Morgan fingerprint density at radius 1 is 0.754 bits per heavy atom. The number of ether oxygens (including phenoxy) is 2. The van der Waals surface area contributed by atoms with Gasteiger partial charge in [-0.25, -0.2) is 19.7 Å². The summed E-state index contributed by atoms with van der Waals surface area (Å²) in [7, 11) is 0. The third-order valence-electron chi connectivity index (χ3n) is 10.4. The van der Waals surface area contributed by atoms with Gasteiger partial charge in [-0.15, -0.1) is 0 Å². The molecule has 4 aromatic carbocycles. The van der Waals surface area contributed by atoms with Crippen molar-refractivity contribution < 1.29 is 19.0 Å². The topological polar surface area (TPSA) is 147 Å². The average Bonchev–Trinajstić information content (AvgIpc) is 3.67. The van der Waals surface area contributed by atoms with Gasteiger partial charge in [-0.1, -0.05) is 55.5 Å². The maximum Gasteiger partial charge on any atom is 0.336 e. The van der Waals surface area contributed by atoms with Crippen LogP contribution < -0.4 is 20.7 Å². The highest BCUT2D eigenvalue weighted by Gasteiger charge is 2.21. The highest BCUT2D eigenvalue weighted by atomic mass is 16.7. The van der Waals surface area contributed by atoms with E-state index >= 15 is 0 Å². The van der Waals surface area contributed by atoms with Crippen molar-refractivity contribution in [1.82, 2.24) is 29.7 Å². The summed E-state index contributed by atoms with van der Waals surface area (Å²) in [5.74, 6) is 3.01. The normalized spacial score (nSPS) is 14.2. The molecule has 12 heteroatoms. The van der Waals surface area contributed by atoms with E-state index in [1.807, 2.05) is 75.4 Å². The third-order valence-corrected chi connectivity index (χ3v) is 10.4. The van der Waals surface area contributed by atoms with Gasteiger partial charge in [-0.3, -0.25) is 14.6 Å². The number of piperazine rings is 1. The van der Waals surface area contributed by atoms with Crippen LogP contribution in [-0.2, 0) is 25.9 Å². The van der Waals surface area contributed by atoms with E-state index in [1.165, 1.54) is 11.6 Å². The van der Waals surface area contributed by atoms with Crippen molar-refractivity contribution in [2.75, 3.05) is 33.0 Å². The van der Waals surface area contributed by atoms with Gasteiger partial charge in [0.05, 0.1) is 17.6 Å². The number of aryl methyl sites for hydroxylation is 3. The second kappa shape index (κ2) is 16.4. The molecule has 9 rings (SSSR count). The fourth-order valence-corrected chi connectivity index (χ4v) is 7.40. The van der Waals surface area contributed by atoms with Gasteiger partial charge >= 0.3 is 5.63 Å². The molecule has 2 N–H and O–H groups in total. The Morgan fingerprint density at radius 3 is 2.32 bits per heavy atom. The van der Waals surface area contributed by atoms with Gasteiger partial charge in [0, 0.05) is 79.5 Å². The molecule has 0 atom stereocenters. The quantitative estimate of drug-likeness (QED) is 0.160. The van der Waals surface area contributed by atoms with Gasteiger partial charge in [-0.2, -0.15) is 0 Å². The lowest BCUT2D eigenvalue weighted by Crippen LogP contribution is -2.45. The number of nitrogens with zero attached hydrogens (tertiary/aromatic N) is 5. The Hall–Kier alpha value is -6.37. The van der Waals surface area contributed by atoms with Crippen LogP contribution in [0.2, 0.25) is 0 Å². The van der Waals surface area contributed by atoms with Crippen LogP contribution in [0, 0.1) is 13.8 Å². The number of hydrogen-bond acceptors (Lipinski definition) is 11. The van der Waals surface area contributed by atoms with Crippen LogP contribution in [0.25, 0.3) is 33.1 Å². The fraction of sp³-hybridized carbons (Fsp3) is 0.267. The summed E-state index contributed by atoms with van der Waals surface area (Å²) < 4.78 is 16.2. The van der Waals surface area contributed by atoms with E-state index in [-0.39, 0.29) is 16.9 Å². The largest absolute Gasteiger partial charge is 0.508 e. The molecule has 2 aliphatic rings. The number of aromatic amines is 1. The van der Waals surface area contributed by atoms with Crippen molar-refractivity contribution >= 4 is 21.9 Å². The Bertz CT molecular complexity index is 2690. The molecule has 5 heterocycles. The number of aromatic nitrogens is 4. The van der Waals surface area contributed by atoms with Crippen LogP contribution in [0.1, 0.15) is 46.5 Å². The first-order valence-electron chi connectivity index (χ1n) is 19.2. The fourth-order valence-electron chi connectivity index (χ4n) is 7.40. The summed E-state index contributed by atoms with van der Waals surface area (Å²) >= 11 is 0. The number of phenolic OH excluding ortho intramolecular Hbond substituents is 1. The van der Waals surface area contributed by atoms with E-state index in [9.17, 15) is 14.7 Å². The molecule has 57 heavy (non-hydrogen) atoms. The standard InChI is InChI=1S/C24H26N2O5.C21H18N4O/c1-2-17-10-19-18(11-24(28)31-22(19)12-20(17)27)14-26-7-5-25(6-8-26)13-16-3-4-21-23(9-16)30-15-29-21;1-13-8-9-16-14(2)22-19(24-18(16)10-13)12-20-23-17(11-21(26)25-20)15-6-4-3-5-7-15/h3-4,9-12,27H,2,5-8,13-15H2,1H3;3-11H,12H2,1-2H3,(H,23,25,26). The van der Waals surface area contributed by atoms with E-state index in [1.54, 1.807) is 12.1 Å². The van der Waals surface area contributed by atoms with E-state index in [0.717, 1.165) is 94.9 Å². The van der Waals surface area contributed by atoms with Gasteiger partial charge in [0.2, 0.25) is 6.79 Å². The molecule has 1 saturated heterocycles. The van der Waals surface area contributed by atoms with E-state index in [0.29, 0.717) is 42.7 Å². The number of fused-ring (bicyclic) bond motifs is 3. The van der Waals surface area contributed by atoms with Crippen molar-refractivity contribution in [3.8, 4) is 28.5 Å². The van der Waals surface area contributed by atoms with Crippen molar-refractivity contribution in [3.63, 3.8) is 0 Å². The predicted molar refractivity (Wildman–Crippen MR) is 219 cm³/mol. The van der Waals surface area contributed by atoms with Crippen molar-refractivity contribution in [3.05, 3.63) is 151 Å². The molecule has 0 spiro atoms. The van der Waals surface area contributed by atoms with Crippen LogP contribution in [0.5, 0.6) is 17.2 Å². The first kappa shape index (κ1) is 37.5. The minimum absolute atomic E-state index is 0.174. The summed E-state index contributed by atoms with van der Waals surface area (Å²) in [6.07, 6.45) is 1.10. The van der Waals surface area contributed by atoms with Gasteiger partial charge in [0.15, 0.2) is 11.5 Å². The lowest BCUT2D eigenvalue weighted by atomic mass is 10.0. The predicted octanol–water partition coefficient (Wildman–Crippen LogP) is 6.70. The summed E-state index contributed by atoms with van der Waals surface area (Å²) in [5, 5.41) is 12.1. The number of phenols is 1. The third kappa shape index (κ3) is 8.72. The lowest BCUT2D eigenvalue weighted by Gasteiger charge is -2.34. The first-order chi connectivity index (χ1) is 27.7. The Balaban J connectivity index is 0.000000162. The second-order valence-corrected chi connectivity index (χ2v) is 14.5. The highest BCUT2D eigenvalue weighted by Crippen LogP contribution is 2.33. The molecule has 0 aliphatic carbocycles. The molecule has 7 aromatic rings. The molecule has 2 aliphatic heterocycles. The van der Waals surface area contributed by atoms with Crippen molar-refractivity contribution in [2.24, 2.45) is 0 Å². The Morgan fingerprint density at radius 2 is 1.53 bits per heavy atom. The molecule has 0 radical (unpaired) electrons. The average molecular weight is 765 g/mol. The molecule has 0 amide bonds. The van der Waals surface area contributed by atoms with Crippen LogP contribution in [-0.4, -0.2) is 67.8 Å². The molecular formula is C45H44N6O6. The minimum atomic E-state index is -0.382. The smallest absolute Gasteiger partial charge is 0.336 e. The molecule has 3 aromatic heterocycles. The molecule has 0 bridgehead atoms. The molecule has 1 fully saturated rings. The SMILES string of the molecule is CCc1cc2c(CN3CCN(Cc4ccc5c(c4)OCO5)CC3)cc(=O)oc2cc1O.Cc1ccc2c(C)nc(Cc3nc(-c4ccccc4)cc(=O)[nH]3)nc2c1. The maximum absolute atomic E-state index is 12.1. The van der Waals surface area contributed by atoms with Crippen LogP contribution in [0.15, 0.2) is 105 Å². The lowest BCUT2D eigenvalue weighted by molar-refractivity contribution is 0.122. The molecular weight excluding hydrogens is 721 g/mol. The zero-order valence-corrected chi connectivity index (χ0v) is 32.2. The van der Waals surface area contributed by atoms with Crippen LogP contribution in [0.3, 0.4) is 0 Å². The number of rotatable bonds is 8. The highest BCUT2D eigenvalue weighted by molar-refractivity contribution is 5.83. The summed E-state index contributed by atoms with van der Waals surface area (Å²) in [6, 6.07) is 28.5. The Labute approximate surface area is 329 Å². The number of aromatic hydroxyl groups is 1. The molecule has 290 valence electrons. The van der Waals surface area contributed by atoms with Gasteiger partial charge in [-0.05, 0) is 66.8 Å². The first-order valence-corrected chi connectivity index (χ1v) is 19.2. The summed E-state index contributed by atoms with van der Waals surface area (Å²) in [4.78, 5) is 45.5. The number of benzene rings is 4. The summed E-state index contributed by atoms with van der Waals surface area (Å²) in [5.41, 5.74) is 7.45. The van der Waals surface area contributed by atoms with Gasteiger partial charge in [0.1, 0.15) is 23.0 Å². The van der Waals surface area contributed by atoms with Crippen LogP contribution in [0.4, 0.5) is 0 Å². The van der Waals surface area contributed by atoms with Gasteiger partial charge in [0.25, 0.3) is 5.56 Å². The zero-order chi connectivity index (χ0) is 39.5. The molecule has 0 saturated carbocycles. The van der Waals surface area contributed by atoms with E-state index in [2.05, 4.69) is 47.9 Å². The monoisotopic (exact) mass is 764 g/mol. The van der Waals surface area contributed by atoms with Gasteiger partial charge < -0.3 is 24.0 Å². The summed E-state index contributed by atoms with van der Waals surface area (Å²) in [6.45, 7) is 11.6. The zero-order valence-electron chi connectivity index (χ0n) is 32.2. The molecule has 12 nitrogen and oxygen atoms in total. The van der Waals surface area contributed by atoms with Crippen molar-refractivity contribution in [2.45, 2.75) is 46.7 Å². The van der Waals surface area contributed by atoms with Crippen LogP contribution >= 0.6 is 0 Å². The van der Waals surface area contributed by atoms with E-state index in [4.69, 9.17) is 13.9 Å². The maximum atomic E-state index is 12.1. The van der Waals surface area contributed by atoms with E-state index < -0.39 is 0 Å². The number of H-pyrrole nitrogens is 1. The second-order valence-electron chi connectivity index (χ2n) is 14.5. The Kier molecular flexibility index (Phi) is 10.8. The minimum Gasteiger partial charge on any atom is -0.508 e. The number of nitrogens with one attached hydrogen (secondary N) is 1.